The Bertz CT molecular complexity index is 1060. The lowest BCUT2D eigenvalue weighted by Gasteiger charge is -2.20. The van der Waals surface area contributed by atoms with Gasteiger partial charge in [0.05, 0.1) is 17.6 Å². The van der Waals surface area contributed by atoms with Gasteiger partial charge in [-0.1, -0.05) is 32.0 Å². The van der Waals surface area contributed by atoms with Crippen molar-refractivity contribution in [2.45, 2.75) is 26.8 Å². The van der Waals surface area contributed by atoms with E-state index in [9.17, 15) is 14.4 Å². The molecule has 152 valence electrons. The summed E-state index contributed by atoms with van der Waals surface area (Å²) < 4.78 is 8.24. The van der Waals surface area contributed by atoms with Crippen molar-refractivity contribution >= 4 is 17.5 Å². The highest BCUT2D eigenvalue weighted by atomic mass is 16.3. The second-order valence-electron chi connectivity index (χ2n) is 7.10. The van der Waals surface area contributed by atoms with Crippen molar-refractivity contribution in [1.29, 1.82) is 0 Å². The van der Waals surface area contributed by atoms with E-state index in [1.54, 1.807) is 24.7 Å². The predicted octanol–water partition coefficient (Wildman–Crippen LogP) is 2.47. The topological polar surface area (TPSA) is 98.3 Å². The quantitative estimate of drug-likeness (QED) is 0.669. The van der Waals surface area contributed by atoms with Crippen LogP contribution in [0.1, 0.15) is 30.1 Å². The highest BCUT2D eigenvalue weighted by Crippen LogP contribution is 2.15. The number of amides is 2. The van der Waals surface area contributed by atoms with Crippen LogP contribution in [0.2, 0.25) is 0 Å². The van der Waals surface area contributed by atoms with Crippen molar-refractivity contribution in [1.82, 2.24) is 14.7 Å². The highest BCUT2D eigenvalue weighted by Gasteiger charge is 2.28. The van der Waals surface area contributed by atoms with Crippen LogP contribution in [0.5, 0.6) is 0 Å². The zero-order valence-electron chi connectivity index (χ0n) is 16.8. The summed E-state index contributed by atoms with van der Waals surface area (Å²) in [5.41, 5.74) is 1.13. The molecule has 1 atom stereocenters. The van der Waals surface area contributed by atoms with E-state index in [4.69, 9.17) is 4.42 Å². The summed E-state index contributed by atoms with van der Waals surface area (Å²) in [4.78, 5) is 38.2. The summed E-state index contributed by atoms with van der Waals surface area (Å²) in [5.74, 6) is -1.04. The number of rotatable bonds is 6. The van der Waals surface area contributed by atoms with E-state index in [1.807, 2.05) is 44.2 Å². The molecule has 0 bridgehead atoms. The Labute approximate surface area is 168 Å². The van der Waals surface area contributed by atoms with Gasteiger partial charge in [-0.2, -0.15) is 0 Å². The number of carbonyl (C=O) groups excluding carboxylic acids is 2. The molecule has 0 saturated carbocycles. The molecule has 0 fully saturated rings. The lowest BCUT2D eigenvalue weighted by Crippen LogP contribution is -2.47. The molecule has 29 heavy (non-hydrogen) atoms. The molecule has 1 aromatic carbocycles. The molecule has 2 heterocycles. The summed E-state index contributed by atoms with van der Waals surface area (Å²) in [5, 5.41) is 5.37. The molecule has 0 radical (unpaired) electrons. The van der Waals surface area contributed by atoms with Gasteiger partial charge in [0, 0.05) is 7.05 Å². The van der Waals surface area contributed by atoms with Gasteiger partial charge in [0.2, 0.25) is 5.91 Å². The van der Waals surface area contributed by atoms with Crippen LogP contribution in [0.3, 0.4) is 0 Å². The van der Waals surface area contributed by atoms with Crippen LogP contribution in [0, 0.1) is 12.8 Å². The average molecular weight is 396 g/mol. The number of hydrogen-bond donors (Lipinski definition) is 2. The number of anilines is 1. The minimum atomic E-state index is -0.836. The molecule has 2 amide bonds. The smallest absolute Gasteiger partial charge is 0.295 e. The summed E-state index contributed by atoms with van der Waals surface area (Å²) in [6, 6.07) is 11.4. The number of furan rings is 1. The van der Waals surface area contributed by atoms with E-state index in [0.717, 1.165) is 0 Å². The van der Waals surface area contributed by atoms with E-state index in [0.29, 0.717) is 11.4 Å². The number of hydrogen-bond acceptors (Lipinski definition) is 4. The van der Waals surface area contributed by atoms with E-state index >= 15 is 0 Å². The third-order valence-corrected chi connectivity index (χ3v) is 4.78. The fraction of sp³-hybridized carbons (Fsp3) is 0.286. The summed E-state index contributed by atoms with van der Waals surface area (Å²) in [7, 11) is 1.75. The maximum atomic E-state index is 13.0. The Morgan fingerprint density at radius 1 is 1.07 bits per heavy atom. The standard InChI is InChI=1S/C21H24N4O4/c1-13(2)17(22-19(26)16-11-8-12-29-16)20(27)23-18-14(3)24(4)25(21(18)28)15-9-6-5-7-10-15/h5-13,17H,1-4H3,(H,22,26)(H,23,27). The van der Waals surface area contributed by atoms with Gasteiger partial charge >= 0.3 is 0 Å². The zero-order chi connectivity index (χ0) is 21.1. The first kappa shape index (κ1) is 20.2. The van der Waals surface area contributed by atoms with Gasteiger partial charge in [-0.25, -0.2) is 4.68 Å². The Morgan fingerprint density at radius 3 is 2.34 bits per heavy atom. The SMILES string of the molecule is Cc1c(NC(=O)C(NC(=O)c2ccco2)C(C)C)c(=O)n(-c2ccccc2)n1C. The number of benzene rings is 1. The molecule has 0 spiro atoms. The molecule has 8 nitrogen and oxygen atoms in total. The van der Waals surface area contributed by atoms with Crippen LogP contribution in [-0.4, -0.2) is 27.2 Å². The van der Waals surface area contributed by atoms with Crippen LogP contribution in [0.15, 0.2) is 57.9 Å². The van der Waals surface area contributed by atoms with Crippen LogP contribution in [0.4, 0.5) is 5.69 Å². The van der Waals surface area contributed by atoms with Gasteiger partial charge in [0.1, 0.15) is 11.7 Å². The largest absolute Gasteiger partial charge is 0.459 e. The van der Waals surface area contributed by atoms with E-state index in [-0.39, 0.29) is 22.9 Å². The van der Waals surface area contributed by atoms with E-state index in [1.165, 1.54) is 17.0 Å². The van der Waals surface area contributed by atoms with Crippen LogP contribution < -0.4 is 16.2 Å². The monoisotopic (exact) mass is 396 g/mol. The van der Waals surface area contributed by atoms with Crippen molar-refractivity contribution in [3.8, 4) is 5.69 Å². The number of aromatic nitrogens is 2. The zero-order valence-corrected chi connectivity index (χ0v) is 16.8. The number of para-hydroxylation sites is 1. The molecule has 2 aromatic heterocycles. The average Bonchev–Trinajstić information content (AvgIpc) is 3.30. The third-order valence-electron chi connectivity index (χ3n) is 4.78. The second kappa shape index (κ2) is 8.22. The minimum absolute atomic E-state index is 0.116. The molecular weight excluding hydrogens is 372 g/mol. The second-order valence-corrected chi connectivity index (χ2v) is 7.10. The Morgan fingerprint density at radius 2 is 1.76 bits per heavy atom. The van der Waals surface area contributed by atoms with Crippen molar-refractivity contribution in [2.75, 3.05) is 5.32 Å². The van der Waals surface area contributed by atoms with Crippen molar-refractivity contribution < 1.29 is 14.0 Å². The Hall–Kier alpha value is -3.55. The molecule has 3 aromatic rings. The summed E-state index contributed by atoms with van der Waals surface area (Å²) in [6.07, 6.45) is 1.39. The minimum Gasteiger partial charge on any atom is -0.459 e. The molecule has 0 saturated heterocycles. The number of carbonyl (C=O) groups is 2. The predicted molar refractivity (Wildman–Crippen MR) is 109 cm³/mol. The van der Waals surface area contributed by atoms with Crippen LogP contribution >= 0.6 is 0 Å². The fourth-order valence-corrected chi connectivity index (χ4v) is 3.07. The first-order chi connectivity index (χ1) is 13.8. The van der Waals surface area contributed by atoms with Gasteiger partial charge in [-0.15, -0.1) is 0 Å². The van der Waals surface area contributed by atoms with Gasteiger partial charge in [0.15, 0.2) is 5.76 Å². The molecule has 0 aliphatic heterocycles. The van der Waals surface area contributed by atoms with E-state index < -0.39 is 17.9 Å². The van der Waals surface area contributed by atoms with Crippen molar-refractivity contribution in [2.24, 2.45) is 13.0 Å². The summed E-state index contributed by atoms with van der Waals surface area (Å²) in [6.45, 7) is 5.38. The lowest BCUT2D eigenvalue weighted by atomic mass is 10.0. The number of nitrogens with one attached hydrogen (secondary N) is 2. The maximum absolute atomic E-state index is 13.0. The molecule has 2 N–H and O–H groups in total. The first-order valence-electron chi connectivity index (χ1n) is 9.30. The third kappa shape index (κ3) is 4.01. The van der Waals surface area contributed by atoms with Gasteiger partial charge in [-0.05, 0) is 37.1 Å². The van der Waals surface area contributed by atoms with Crippen molar-refractivity contribution in [3.63, 3.8) is 0 Å². The van der Waals surface area contributed by atoms with Gasteiger partial charge in [0.25, 0.3) is 11.5 Å². The molecule has 3 rings (SSSR count). The van der Waals surface area contributed by atoms with Crippen LogP contribution in [0.25, 0.3) is 5.69 Å². The molecule has 8 heteroatoms. The molecule has 1 unspecified atom stereocenters. The first-order valence-corrected chi connectivity index (χ1v) is 9.30. The summed E-state index contributed by atoms with van der Waals surface area (Å²) >= 11 is 0. The number of nitrogens with zero attached hydrogens (tertiary/aromatic N) is 2. The highest BCUT2D eigenvalue weighted by molar-refractivity contribution is 6.00. The Balaban J connectivity index is 1.87. The van der Waals surface area contributed by atoms with Gasteiger partial charge in [-0.3, -0.25) is 19.1 Å². The normalized spacial score (nSPS) is 12.0. The van der Waals surface area contributed by atoms with Crippen molar-refractivity contribution in [3.05, 3.63) is 70.5 Å². The van der Waals surface area contributed by atoms with Crippen LogP contribution in [-0.2, 0) is 11.8 Å². The van der Waals surface area contributed by atoms with E-state index in [2.05, 4.69) is 10.6 Å². The Kier molecular flexibility index (Phi) is 5.72. The molecular formula is C21H24N4O4. The molecule has 0 aliphatic rings. The van der Waals surface area contributed by atoms with Gasteiger partial charge < -0.3 is 15.1 Å². The fourth-order valence-electron chi connectivity index (χ4n) is 3.07. The lowest BCUT2D eigenvalue weighted by molar-refractivity contribution is -0.118. The molecule has 0 aliphatic carbocycles. The maximum Gasteiger partial charge on any atom is 0.295 e.